The first-order valence-electron chi connectivity index (χ1n) is 5.54. The Kier molecular flexibility index (Phi) is 4.65. The van der Waals surface area contributed by atoms with Gasteiger partial charge < -0.3 is 0 Å². The van der Waals surface area contributed by atoms with Gasteiger partial charge in [0.25, 0.3) is 0 Å². The first kappa shape index (κ1) is 14.4. The van der Waals surface area contributed by atoms with Crippen LogP contribution in [0.5, 0.6) is 0 Å². The van der Waals surface area contributed by atoms with Gasteiger partial charge >= 0.3 is 0 Å². The van der Waals surface area contributed by atoms with Crippen LogP contribution in [0.25, 0.3) is 0 Å². The molecule has 96 valence electrons. The summed E-state index contributed by atoms with van der Waals surface area (Å²) in [4.78, 5) is 0.176. The van der Waals surface area contributed by atoms with E-state index < -0.39 is 10.0 Å². The molecule has 1 atom stereocenters. The smallest absolute Gasteiger partial charge is 0.208 e. The van der Waals surface area contributed by atoms with Crippen molar-refractivity contribution in [3.63, 3.8) is 0 Å². The summed E-state index contributed by atoms with van der Waals surface area (Å²) >= 11 is 0. The predicted octanol–water partition coefficient (Wildman–Crippen LogP) is 2.11. The van der Waals surface area contributed by atoms with E-state index in [0.29, 0.717) is 17.5 Å². The van der Waals surface area contributed by atoms with E-state index >= 15 is 0 Å². The van der Waals surface area contributed by atoms with Crippen molar-refractivity contribution in [1.29, 1.82) is 5.26 Å². The molecule has 0 saturated heterocycles. The lowest BCUT2D eigenvalue weighted by Gasteiger charge is -2.12. The highest BCUT2D eigenvalue weighted by molar-refractivity contribution is 7.89. The highest BCUT2D eigenvalue weighted by Gasteiger charge is 2.17. The molecule has 1 aromatic carbocycles. The van der Waals surface area contributed by atoms with Gasteiger partial charge in [-0.2, -0.15) is 5.26 Å². The van der Waals surface area contributed by atoms with E-state index in [1.807, 2.05) is 6.07 Å². The fourth-order valence-electron chi connectivity index (χ4n) is 1.56. The molecule has 0 amide bonds. The second-order valence-corrected chi connectivity index (χ2v) is 5.85. The van der Waals surface area contributed by atoms with Crippen LogP contribution in [0, 0.1) is 18.3 Å². The maximum Gasteiger partial charge on any atom is 0.240 e. The number of nitriles is 1. The van der Waals surface area contributed by atoms with Gasteiger partial charge in [0.15, 0.2) is 0 Å². The van der Waals surface area contributed by atoms with Crippen LogP contribution in [0.1, 0.15) is 24.5 Å². The Hall–Kier alpha value is -1.64. The molecular weight excluding hydrogens is 248 g/mol. The largest absolute Gasteiger partial charge is 0.240 e. The minimum Gasteiger partial charge on any atom is -0.208 e. The number of nitrogens with zero attached hydrogens (tertiary/aromatic N) is 1. The molecular formula is C13H16N2O2S. The Bertz CT molecular complexity index is 585. The molecule has 18 heavy (non-hydrogen) atoms. The zero-order chi connectivity index (χ0) is 13.8. The lowest BCUT2D eigenvalue weighted by atomic mass is 10.1. The molecule has 0 aliphatic carbocycles. The summed E-state index contributed by atoms with van der Waals surface area (Å²) in [6, 6.07) is 6.26. The lowest BCUT2D eigenvalue weighted by Crippen LogP contribution is -2.32. The average Bonchev–Trinajstić information content (AvgIpc) is 2.28. The second-order valence-electron chi connectivity index (χ2n) is 4.14. The lowest BCUT2D eigenvalue weighted by molar-refractivity contribution is 0.562. The summed E-state index contributed by atoms with van der Waals surface area (Å²) in [6.45, 7) is 7.06. The first-order valence-corrected chi connectivity index (χ1v) is 7.03. The van der Waals surface area contributed by atoms with E-state index in [-0.39, 0.29) is 10.9 Å². The summed E-state index contributed by atoms with van der Waals surface area (Å²) in [5.41, 5.74) is 1.13. The molecule has 4 nitrogen and oxygen atoms in total. The quantitative estimate of drug-likeness (QED) is 0.828. The van der Waals surface area contributed by atoms with Gasteiger partial charge in [0, 0.05) is 6.04 Å². The molecule has 5 heteroatoms. The number of sulfonamides is 1. The van der Waals surface area contributed by atoms with Gasteiger partial charge in [-0.3, -0.25) is 0 Å². The molecule has 1 unspecified atom stereocenters. The fraction of sp³-hybridized carbons (Fsp3) is 0.308. The van der Waals surface area contributed by atoms with E-state index in [9.17, 15) is 8.42 Å². The molecule has 0 radical (unpaired) electrons. The Morgan fingerprint density at radius 1 is 1.56 bits per heavy atom. The van der Waals surface area contributed by atoms with E-state index in [2.05, 4.69) is 11.3 Å². The van der Waals surface area contributed by atoms with Gasteiger partial charge in [0.05, 0.1) is 16.5 Å². The maximum absolute atomic E-state index is 12.0. The Morgan fingerprint density at radius 3 is 2.72 bits per heavy atom. The second kappa shape index (κ2) is 5.80. The molecule has 0 saturated carbocycles. The van der Waals surface area contributed by atoms with Crippen LogP contribution in [0.2, 0.25) is 0 Å². The number of aryl methyl sites for hydroxylation is 1. The standard InChI is InChI=1S/C13H16N2O2S/c1-4-5-11(3)15-18(16,17)13-7-6-12(9-14)10(2)8-13/h4,6-8,11,15H,1,5H2,2-3H3. The highest BCUT2D eigenvalue weighted by Crippen LogP contribution is 2.15. The van der Waals surface area contributed by atoms with Crippen LogP contribution in [0.4, 0.5) is 0 Å². The molecule has 1 N–H and O–H groups in total. The molecule has 1 aromatic rings. The molecule has 0 aliphatic rings. The highest BCUT2D eigenvalue weighted by atomic mass is 32.2. The fourth-order valence-corrected chi connectivity index (χ4v) is 2.90. The van der Waals surface area contributed by atoms with Crippen molar-refractivity contribution in [2.45, 2.75) is 31.2 Å². The summed E-state index contributed by atoms with van der Waals surface area (Å²) < 4.78 is 26.6. The number of hydrogen-bond donors (Lipinski definition) is 1. The minimum atomic E-state index is -3.54. The molecule has 0 bridgehead atoms. The maximum atomic E-state index is 12.0. The van der Waals surface area contributed by atoms with E-state index in [0.717, 1.165) is 0 Å². The van der Waals surface area contributed by atoms with Gasteiger partial charge in [-0.1, -0.05) is 6.08 Å². The van der Waals surface area contributed by atoms with Crippen LogP contribution >= 0.6 is 0 Å². The van der Waals surface area contributed by atoms with Gasteiger partial charge in [0.1, 0.15) is 0 Å². The van der Waals surface area contributed by atoms with Crippen molar-refractivity contribution in [3.8, 4) is 6.07 Å². The SMILES string of the molecule is C=CCC(C)NS(=O)(=O)c1ccc(C#N)c(C)c1. The first-order chi connectivity index (χ1) is 8.40. The number of benzene rings is 1. The summed E-state index contributed by atoms with van der Waals surface area (Å²) in [5, 5.41) is 8.80. The Balaban J connectivity index is 3.03. The molecule has 0 aromatic heterocycles. The van der Waals surface area contributed by atoms with Crippen molar-refractivity contribution in [2.75, 3.05) is 0 Å². The zero-order valence-corrected chi connectivity index (χ0v) is 11.3. The number of rotatable bonds is 5. The normalized spacial score (nSPS) is 12.7. The molecule has 1 rings (SSSR count). The predicted molar refractivity (Wildman–Crippen MR) is 70.5 cm³/mol. The Labute approximate surface area is 108 Å². The third kappa shape index (κ3) is 3.42. The van der Waals surface area contributed by atoms with Crippen molar-refractivity contribution in [3.05, 3.63) is 42.0 Å². The van der Waals surface area contributed by atoms with Crippen LogP contribution < -0.4 is 4.72 Å². The van der Waals surface area contributed by atoms with Crippen molar-refractivity contribution >= 4 is 10.0 Å². The third-order valence-corrected chi connectivity index (χ3v) is 4.09. The van der Waals surface area contributed by atoms with Crippen molar-refractivity contribution in [2.24, 2.45) is 0 Å². The van der Waals surface area contributed by atoms with Gasteiger partial charge in [-0.25, -0.2) is 13.1 Å². The Morgan fingerprint density at radius 2 is 2.22 bits per heavy atom. The summed E-state index contributed by atoms with van der Waals surface area (Å²) in [5.74, 6) is 0. The van der Waals surface area contributed by atoms with E-state index in [4.69, 9.17) is 5.26 Å². The van der Waals surface area contributed by atoms with Crippen LogP contribution in [-0.2, 0) is 10.0 Å². The molecule has 0 fully saturated rings. The third-order valence-electron chi connectivity index (χ3n) is 2.51. The molecule has 0 heterocycles. The summed E-state index contributed by atoms with van der Waals surface area (Å²) in [6.07, 6.45) is 2.23. The summed E-state index contributed by atoms with van der Waals surface area (Å²) in [7, 11) is -3.54. The van der Waals surface area contributed by atoms with Gasteiger partial charge in [-0.15, -0.1) is 6.58 Å². The topological polar surface area (TPSA) is 70.0 Å². The van der Waals surface area contributed by atoms with Crippen LogP contribution in [-0.4, -0.2) is 14.5 Å². The molecule has 0 spiro atoms. The number of hydrogen-bond acceptors (Lipinski definition) is 3. The van der Waals surface area contributed by atoms with E-state index in [1.165, 1.54) is 18.2 Å². The van der Waals surface area contributed by atoms with Crippen LogP contribution in [0.15, 0.2) is 35.7 Å². The average molecular weight is 264 g/mol. The van der Waals surface area contributed by atoms with E-state index in [1.54, 1.807) is 19.9 Å². The minimum absolute atomic E-state index is 0.176. The van der Waals surface area contributed by atoms with Crippen LogP contribution in [0.3, 0.4) is 0 Å². The van der Waals surface area contributed by atoms with Gasteiger partial charge in [0.2, 0.25) is 10.0 Å². The van der Waals surface area contributed by atoms with Gasteiger partial charge in [-0.05, 0) is 44.0 Å². The van der Waals surface area contributed by atoms with Crippen molar-refractivity contribution in [1.82, 2.24) is 4.72 Å². The monoisotopic (exact) mass is 264 g/mol. The van der Waals surface area contributed by atoms with Crippen molar-refractivity contribution < 1.29 is 8.42 Å². The molecule has 0 aliphatic heterocycles. The number of nitrogens with one attached hydrogen (secondary N) is 1. The zero-order valence-electron chi connectivity index (χ0n) is 10.5.